The van der Waals surface area contributed by atoms with Gasteiger partial charge in [-0.25, -0.2) is 17.9 Å². The molecule has 0 spiro atoms. The first-order valence-electron chi connectivity index (χ1n) is 9.72. The Labute approximate surface area is 201 Å². The molecule has 2 aromatic carbocycles. The van der Waals surface area contributed by atoms with E-state index in [0.29, 0.717) is 27.5 Å². The van der Waals surface area contributed by atoms with Crippen molar-refractivity contribution in [1.29, 1.82) is 0 Å². The summed E-state index contributed by atoms with van der Waals surface area (Å²) in [6.45, 7) is 0. The lowest BCUT2D eigenvalue weighted by atomic mass is 10.1. The quantitative estimate of drug-likeness (QED) is 0.298. The van der Waals surface area contributed by atoms with E-state index < -0.39 is 10.0 Å². The number of rotatable bonds is 6. The van der Waals surface area contributed by atoms with Crippen LogP contribution in [0.3, 0.4) is 0 Å². The minimum atomic E-state index is -3.75. The molecular formula is C23H15BrN4O3S2. The zero-order chi connectivity index (χ0) is 23.0. The van der Waals surface area contributed by atoms with E-state index in [1.54, 1.807) is 53.2 Å². The lowest BCUT2D eigenvalue weighted by molar-refractivity contribution is 0.104. The second kappa shape index (κ2) is 8.54. The molecule has 3 aromatic heterocycles. The molecule has 7 nitrogen and oxygen atoms in total. The molecule has 164 valence electrons. The van der Waals surface area contributed by atoms with E-state index in [0.717, 1.165) is 10.0 Å². The topological polar surface area (TPSA) is 93.4 Å². The molecule has 33 heavy (non-hydrogen) atoms. The van der Waals surface area contributed by atoms with Crippen molar-refractivity contribution in [3.8, 4) is 11.3 Å². The van der Waals surface area contributed by atoms with Crippen molar-refractivity contribution >= 4 is 54.4 Å². The van der Waals surface area contributed by atoms with Crippen molar-refractivity contribution in [2.24, 2.45) is 0 Å². The Kier molecular flexibility index (Phi) is 5.57. The molecule has 0 saturated carbocycles. The maximum Gasteiger partial charge on any atom is 0.261 e. The van der Waals surface area contributed by atoms with Crippen molar-refractivity contribution in [3.63, 3.8) is 0 Å². The molecule has 0 bridgehead atoms. The third-order valence-electron chi connectivity index (χ3n) is 4.93. The molecule has 0 radical (unpaired) electrons. The molecule has 5 aromatic rings. The van der Waals surface area contributed by atoms with Crippen LogP contribution in [-0.2, 0) is 10.0 Å². The van der Waals surface area contributed by atoms with Crippen molar-refractivity contribution < 1.29 is 13.2 Å². The number of carbonyl (C=O) groups excluding carboxylic acids is 1. The number of sulfonamides is 1. The van der Waals surface area contributed by atoms with Gasteiger partial charge in [-0.1, -0.05) is 34.1 Å². The van der Waals surface area contributed by atoms with Gasteiger partial charge in [0.25, 0.3) is 10.0 Å². The monoisotopic (exact) mass is 538 g/mol. The zero-order valence-electron chi connectivity index (χ0n) is 16.8. The highest BCUT2D eigenvalue weighted by Crippen LogP contribution is 2.26. The van der Waals surface area contributed by atoms with Crippen molar-refractivity contribution in [3.05, 3.63) is 99.4 Å². The van der Waals surface area contributed by atoms with Gasteiger partial charge in [-0.05, 0) is 53.9 Å². The summed E-state index contributed by atoms with van der Waals surface area (Å²) in [6, 6.07) is 18.7. The van der Waals surface area contributed by atoms with Crippen LogP contribution in [0.15, 0.2) is 93.9 Å². The summed E-state index contributed by atoms with van der Waals surface area (Å²) in [5, 5.41) is 6.23. The van der Waals surface area contributed by atoms with E-state index in [2.05, 4.69) is 30.7 Å². The number of hydrogen-bond acceptors (Lipinski definition) is 6. The Balaban J connectivity index is 1.51. The summed E-state index contributed by atoms with van der Waals surface area (Å²) in [5.74, 6) is -0.138. The van der Waals surface area contributed by atoms with Crippen molar-refractivity contribution in [2.45, 2.75) is 4.90 Å². The normalized spacial score (nSPS) is 11.5. The summed E-state index contributed by atoms with van der Waals surface area (Å²) in [7, 11) is -3.75. The lowest BCUT2D eigenvalue weighted by Gasteiger charge is -2.10. The van der Waals surface area contributed by atoms with E-state index in [4.69, 9.17) is 0 Å². The van der Waals surface area contributed by atoms with Gasteiger partial charge < -0.3 is 0 Å². The number of nitrogens with one attached hydrogen (secondary N) is 1. The van der Waals surface area contributed by atoms with Crippen LogP contribution in [-0.4, -0.2) is 28.8 Å². The number of hydrogen-bond donors (Lipinski definition) is 1. The van der Waals surface area contributed by atoms with Gasteiger partial charge in [0.15, 0.2) is 5.65 Å². The first kappa shape index (κ1) is 21.5. The number of aromatic nitrogens is 3. The fourth-order valence-corrected chi connectivity index (χ4v) is 5.37. The van der Waals surface area contributed by atoms with Crippen LogP contribution in [0.2, 0.25) is 0 Å². The summed E-state index contributed by atoms with van der Waals surface area (Å²) in [4.78, 5) is 18.0. The minimum Gasteiger partial charge on any atom is -0.287 e. The van der Waals surface area contributed by atoms with Crippen LogP contribution in [0, 0.1) is 0 Å². The number of nitrogens with zero attached hydrogens (tertiary/aromatic N) is 3. The van der Waals surface area contributed by atoms with Gasteiger partial charge >= 0.3 is 0 Å². The predicted molar refractivity (Wildman–Crippen MR) is 131 cm³/mol. The average molecular weight is 539 g/mol. The van der Waals surface area contributed by atoms with Crippen LogP contribution in [0.1, 0.15) is 15.2 Å². The molecule has 0 unspecified atom stereocenters. The second-order valence-corrected chi connectivity index (χ2v) is 10.6. The molecule has 5 rings (SSSR count). The molecule has 0 fully saturated rings. The third-order valence-corrected chi connectivity index (χ3v) is 7.72. The first-order valence-corrected chi connectivity index (χ1v) is 12.9. The van der Waals surface area contributed by atoms with Gasteiger partial charge in [0, 0.05) is 21.9 Å². The summed E-state index contributed by atoms with van der Waals surface area (Å²) in [6.07, 6.45) is 3.12. The molecule has 1 N–H and O–H groups in total. The Morgan fingerprint density at radius 3 is 2.61 bits per heavy atom. The summed E-state index contributed by atoms with van der Waals surface area (Å²) >= 11 is 4.67. The lowest BCUT2D eigenvalue weighted by Crippen LogP contribution is -2.12. The highest BCUT2D eigenvalue weighted by atomic mass is 79.9. The van der Waals surface area contributed by atoms with E-state index in [-0.39, 0.29) is 10.7 Å². The molecule has 0 atom stereocenters. The second-order valence-electron chi connectivity index (χ2n) is 7.07. The molecule has 10 heteroatoms. The van der Waals surface area contributed by atoms with Crippen LogP contribution >= 0.6 is 27.3 Å². The number of carbonyl (C=O) groups is 1. The highest BCUT2D eigenvalue weighted by molar-refractivity contribution is 9.10. The smallest absolute Gasteiger partial charge is 0.261 e. The molecule has 3 heterocycles. The fraction of sp³-hybridized carbons (Fsp3) is 0. The number of halogens is 1. The van der Waals surface area contributed by atoms with Gasteiger partial charge in [-0.2, -0.15) is 5.10 Å². The zero-order valence-corrected chi connectivity index (χ0v) is 20.1. The number of fused-ring (bicyclic) bond motifs is 1. The van der Waals surface area contributed by atoms with E-state index in [9.17, 15) is 13.2 Å². The largest absolute Gasteiger partial charge is 0.287 e. The van der Waals surface area contributed by atoms with E-state index >= 15 is 0 Å². The average Bonchev–Trinajstić information content (AvgIpc) is 3.49. The fourth-order valence-electron chi connectivity index (χ4n) is 3.38. The van der Waals surface area contributed by atoms with Gasteiger partial charge in [0.1, 0.15) is 0 Å². The molecular weight excluding hydrogens is 524 g/mol. The standard InChI is InChI=1S/C23H15BrN4O3S2/c24-16-6-8-18(9-7-16)33(30,31)27-17-4-1-3-15(13-17)20-10-11-25-23-19(14-26-28(20)23)22(29)21-5-2-12-32-21/h1-14,27H. The number of ketones is 1. The van der Waals surface area contributed by atoms with Gasteiger partial charge in [-0.15, -0.1) is 11.3 Å². The third kappa shape index (κ3) is 4.20. The summed E-state index contributed by atoms with van der Waals surface area (Å²) < 4.78 is 30.5. The van der Waals surface area contributed by atoms with Crippen LogP contribution < -0.4 is 4.72 Å². The van der Waals surface area contributed by atoms with Crippen LogP contribution in [0.5, 0.6) is 0 Å². The minimum absolute atomic E-state index is 0.138. The number of anilines is 1. The number of thiophene rings is 1. The van der Waals surface area contributed by atoms with Gasteiger partial charge in [0.05, 0.1) is 27.2 Å². The Morgan fingerprint density at radius 1 is 1.03 bits per heavy atom. The van der Waals surface area contributed by atoms with E-state index in [1.807, 2.05) is 17.5 Å². The summed E-state index contributed by atoms with van der Waals surface area (Å²) in [5.41, 5.74) is 2.65. The highest BCUT2D eigenvalue weighted by Gasteiger charge is 2.19. The number of benzene rings is 2. The van der Waals surface area contributed by atoms with Crippen LogP contribution in [0.4, 0.5) is 5.69 Å². The molecule has 0 aliphatic rings. The van der Waals surface area contributed by atoms with Crippen LogP contribution in [0.25, 0.3) is 16.9 Å². The molecule has 0 amide bonds. The first-order chi connectivity index (χ1) is 15.9. The maximum atomic E-state index is 12.8. The Bertz CT molecular complexity index is 1580. The van der Waals surface area contributed by atoms with E-state index in [1.165, 1.54) is 29.7 Å². The predicted octanol–water partition coefficient (Wildman–Crippen LogP) is 5.25. The Hall–Kier alpha value is -3.34. The maximum absolute atomic E-state index is 12.8. The van der Waals surface area contributed by atoms with Crippen molar-refractivity contribution in [1.82, 2.24) is 14.6 Å². The molecule has 0 aliphatic carbocycles. The Morgan fingerprint density at radius 2 is 1.85 bits per heavy atom. The molecule has 0 saturated heterocycles. The van der Waals surface area contributed by atoms with Gasteiger partial charge in [0.2, 0.25) is 5.78 Å². The van der Waals surface area contributed by atoms with Gasteiger partial charge in [-0.3, -0.25) is 9.52 Å². The van der Waals surface area contributed by atoms with Crippen molar-refractivity contribution in [2.75, 3.05) is 4.72 Å². The SMILES string of the molecule is O=C(c1cccs1)c1cnn2c(-c3cccc(NS(=O)(=O)c4ccc(Br)cc4)c3)ccnc12. The molecule has 0 aliphatic heterocycles.